The summed E-state index contributed by atoms with van der Waals surface area (Å²) in [6.45, 7) is 1.71. The van der Waals surface area contributed by atoms with Crippen molar-refractivity contribution in [2.75, 3.05) is 13.7 Å². The molecular formula is C11H15NO4. The Hall–Kier alpha value is -1.75. The predicted molar refractivity (Wildman–Crippen MR) is 58.7 cm³/mol. The maximum atomic E-state index is 11.5. The van der Waals surface area contributed by atoms with Crippen LogP contribution in [0, 0.1) is 0 Å². The molecule has 1 aromatic carbocycles. The number of aliphatic hydroxyl groups is 1. The molecule has 0 aliphatic heterocycles. The van der Waals surface area contributed by atoms with Crippen molar-refractivity contribution in [1.29, 1.82) is 0 Å². The van der Waals surface area contributed by atoms with E-state index in [1.165, 1.54) is 19.2 Å². The van der Waals surface area contributed by atoms with Crippen molar-refractivity contribution in [3.05, 3.63) is 23.8 Å². The first kappa shape index (κ1) is 12.3. The van der Waals surface area contributed by atoms with Gasteiger partial charge in [0, 0.05) is 12.6 Å². The highest BCUT2D eigenvalue weighted by molar-refractivity contribution is 5.97. The van der Waals surface area contributed by atoms with Crippen molar-refractivity contribution in [2.24, 2.45) is 0 Å². The summed E-state index contributed by atoms with van der Waals surface area (Å²) in [5.41, 5.74) is 0.154. The number of phenolic OH excluding ortho intramolecular Hbond substituents is 1. The van der Waals surface area contributed by atoms with Gasteiger partial charge in [0.25, 0.3) is 5.91 Å². The second kappa shape index (κ2) is 5.37. The van der Waals surface area contributed by atoms with Crippen LogP contribution in [0.25, 0.3) is 0 Å². The number of phenols is 1. The Morgan fingerprint density at radius 1 is 1.56 bits per heavy atom. The molecule has 0 aliphatic carbocycles. The maximum Gasteiger partial charge on any atom is 0.255 e. The average molecular weight is 225 g/mol. The Labute approximate surface area is 93.7 Å². The van der Waals surface area contributed by atoms with Gasteiger partial charge in [-0.05, 0) is 19.1 Å². The number of aliphatic hydroxyl groups excluding tert-OH is 1. The minimum absolute atomic E-state index is 0.143. The van der Waals surface area contributed by atoms with E-state index in [0.29, 0.717) is 5.75 Å². The normalized spacial score (nSPS) is 11.9. The summed E-state index contributed by atoms with van der Waals surface area (Å²) in [7, 11) is 1.47. The Bertz CT molecular complexity index is 376. The molecule has 1 atom stereocenters. The van der Waals surface area contributed by atoms with E-state index in [-0.39, 0.29) is 17.9 Å². The molecule has 16 heavy (non-hydrogen) atoms. The highest BCUT2D eigenvalue weighted by Gasteiger charge is 2.11. The van der Waals surface area contributed by atoms with Crippen molar-refractivity contribution >= 4 is 5.91 Å². The second-order valence-corrected chi connectivity index (χ2v) is 3.44. The van der Waals surface area contributed by atoms with Crippen LogP contribution in [0.3, 0.4) is 0 Å². The van der Waals surface area contributed by atoms with Gasteiger partial charge in [0.15, 0.2) is 0 Å². The average Bonchev–Trinajstić information content (AvgIpc) is 2.25. The highest BCUT2D eigenvalue weighted by atomic mass is 16.5. The quantitative estimate of drug-likeness (QED) is 0.697. The lowest BCUT2D eigenvalue weighted by Crippen LogP contribution is -2.30. The van der Waals surface area contributed by atoms with Crippen molar-refractivity contribution in [3.8, 4) is 11.5 Å². The molecule has 0 saturated carbocycles. The Morgan fingerprint density at radius 3 is 2.75 bits per heavy atom. The molecule has 1 amide bonds. The topological polar surface area (TPSA) is 78.8 Å². The zero-order valence-electron chi connectivity index (χ0n) is 9.23. The van der Waals surface area contributed by atoms with Gasteiger partial charge in [0.05, 0.1) is 18.8 Å². The lowest BCUT2D eigenvalue weighted by molar-refractivity contribution is 0.0921. The summed E-state index contributed by atoms with van der Waals surface area (Å²) in [4.78, 5) is 11.5. The Balaban J connectivity index is 2.76. The van der Waals surface area contributed by atoms with E-state index >= 15 is 0 Å². The molecule has 0 saturated heterocycles. The molecule has 1 rings (SSSR count). The molecule has 0 aliphatic rings. The molecule has 1 aromatic rings. The number of carbonyl (C=O) groups excluding carboxylic acids is 1. The van der Waals surface area contributed by atoms with E-state index in [2.05, 4.69) is 5.32 Å². The fourth-order valence-electron chi connectivity index (χ4n) is 1.17. The van der Waals surface area contributed by atoms with Crippen molar-refractivity contribution in [1.82, 2.24) is 5.32 Å². The van der Waals surface area contributed by atoms with E-state index in [1.54, 1.807) is 13.0 Å². The van der Waals surface area contributed by atoms with Gasteiger partial charge >= 0.3 is 0 Å². The molecule has 5 nitrogen and oxygen atoms in total. The van der Waals surface area contributed by atoms with E-state index in [4.69, 9.17) is 9.84 Å². The number of aromatic hydroxyl groups is 1. The fourth-order valence-corrected chi connectivity index (χ4v) is 1.17. The van der Waals surface area contributed by atoms with Crippen LogP contribution in [0.15, 0.2) is 18.2 Å². The van der Waals surface area contributed by atoms with Crippen LogP contribution in [0.2, 0.25) is 0 Å². The van der Waals surface area contributed by atoms with Gasteiger partial charge in [-0.1, -0.05) is 0 Å². The zero-order valence-corrected chi connectivity index (χ0v) is 9.23. The SMILES string of the molecule is COc1ccc(C(=O)NCC(C)O)c(O)c1. The number of nitrogens with one attached hydrogen (secondary N) is 1. The summed E-state index contributed by atoms with van der Waals surface area (Å²) >= 11 is 0. The Kier molecular flexibility index (Phi) is 4.13. The van der Waals surface area contributed by atoms with Gasteiger partial charge in [0.2, 0.25) is 0 Å². The Morgan fingerprint density at radius 2 is 2.25 bits per heavy atom. The first-order valence-electron chi connectivity index (χ1n) is 4.88. The lowest BCUT2D eigenvalue weighted by atomic mass is 10.1. The van der Waals surface area contributed by atoms with Gasteiger partial charge in [-0.25, -0.2) is 0 Å². The van der Waals surface area contributed by atoms with Crippen molar-refractivity contribution < 1.29 is 19.7 Å². The van der Waals surface area contributed by atoms with E-state index in [0.717, 1.165) is 0 Å². The van der Waals surface area contributed by atoms with Crippen molar-refractivity contribution in [2.45, 2.75) is 13.0 Å². The van der Waals surface area contributed by atoms with Gasteiger partial charge < -0.3 is 20.3 Å². The monoisotopic (exact) mass is 225 g/mol. The summed E-state index contributed by atoms with van der Waals surface area (Å²) < 4.78 is 4.90. The third-order valence-corrected chi connectivity index (χ3v) is 2.01. The van der Waals surface area contributed by atoms with Crippen LogP contribution in [-0.4, -0.2) is 35.9 Å². The molecule has 0 spiro atoms. The van der Waals surface area contributed by atoms with Crippen LogP contribution >= 0.6 is 0 Å². The number of benzene rings is 1. The standard InChI is InChI=1S/C11H15NO4/c1-7(13)6-12-11(15)9-4-3-8(16-2)5-10(9)14/h3-5,7,13-14H,6H2,1-2H3,(H,12,15). The summed E-state index contributed by atoms with van der Waals surface area (Å²) in [5.74, 6) is -0.104. The van der Waals surface area contributed by atoms with Crippen LogP contribution in [0.4, 0.5) is 0 Å². The van der Waals surface area contributed by atoms with Gasteiger partial charge in [-0.15, -0.1) is 0 Å². The van der Waals surface area contributed by atoms with Crippen LogP contribution in [0.1, 0.15) is 17.3 Å². The molecule has 88 valence electrons. The third-order valence-electron chi connectivity index (χ3n) is 2.01. The molecule has 0 heterocycles. The minimum Gasteiger partial charge on any atom is -0.507 e. The number of methoxy groups -OCH3 is 1. The van der Waals surface area contributed by atoms with Crippen LogP contribution in [0.5, 0.6) is 11.5 Å². The molecule has 0 radical (unpaired) electrons. The smallest absolute Gasteiger partial charge is 0.255 e. The highest BCUT2D eigenvalue weighted by Crippen LogP contribution is 2.23. The number of hydrogen-bond donors (Lipinski definition) is 3. The number of hydrogen-bond acceptors (Lipinski definition) is 4. The van der Waals surface area contributed by atoms with Crippen LogP contribution in [-0.2, 0) is 0 Å². The third kappa shape index (κ3) is 3.13. The van der Waals surface area contributed by atoms with E-state index in [1.807, 2.05) is 0 Å². The van der Waals surface area contributed by atoms with Gasteiger partial charge in [-0.3, -0.25) is 4.79 Å². The maximum absolute atomic E-state index is 11.5. The molecule has 1 unspecified atom stereocenters. The molecule has 0 aromatic heterocycles. The molecule has 3 N–H and O–H groups in total. The van der Waals surface area contributed by atoms with E-state index in [9.17, 15) is 9.90 Å². The molecule has 0 bridgehead atoms. The molecular weight excluding hydrogens is 210 g/mol. The first-order valence-corrected chi connectivity index (χ1v) is 4.88. The first-order chi connectivity index (χ1) is 7.54. The number of carbonyl (C=O) groups is 1. The summed E-state index contributed by atoms with van der Waals surface area (Å²) in [6.07, 6.45) is -0.621. The number of rotatable bonds is 4. The van der Waals surface area contributed by atoms with Gasteiger partial charge in [-0.2, -0.15) is 0 Å². The molecule has 0 fully saturated rings. The minimum atomic E-state index is -0.621. The number of ether oxygens (including phenoxy) is 1. The second-order valence-electron chi connectivity index (χ2n) is 3.44. The van der Waals surface area contributed by atoms with Crippen molar-refractivity contribution in [3.63, 3.8) is 0 Å². The van der Waals surface area contributed by atoms with Gasteiger partial charge in [0.1, 0.15) is 11.5 Å². The summed E-state index contributed by atoms with van der Waals surface area (Å²) in [6, 6.07) is 4.40. The predicted octanol–water partition coefficient (Wildman–Crippen LogP) is 0.511. The lowest BCUT2D eigenvalue weighted by Gasteiger charge is -2.09. The van der Waals surface area contributed by atoms with E-state index < -0.39 is 12.0 Å². The fraction of sp³-hybridized carbons (Fsp3) is 0.364. The zero-order chi connectivity index (χ0) is 12.1. The molecule has 5 heteroatoms. The number of amides is 1. The summed E-state index contributed by atoms with van der Waals surface area (Å²) in [5, 5.41) is 21.0. The van der Waals surface area contributed by atoms with Crippen LogP contribution < -0.4 is 10.1 Å². The largest absolute Gasteiger partial charge is 0.507 e.